The van der Waals surface area contributed by atoms with Gasteiger partial charge in [-0.1, -0.05) is 54.6 Å². The lowest BCUT2D eigenvalue weighted by atomic mass is 9.85. The van der Waals surface area contributed by atoms with E-state index in [1.54, 1.807) is 48.5 Å². The van der Waals surface area contributed by atoms with Crippen molar-refractivity contribution in [2.45, 2.75) is 19.4 Å². The predicted octanol–water partition coefficient (Wildman–Crippen LogP) is 3.43. The van der Waals surface area contributed by atoms with Crippen LogP contribution in [0.15, 0.2) is 66.7 Å². The quantitative estimate of drug-likeness (QED) is 0.324. The van der Waals surface area contributed by atoms with E-state index in [1.807, 2.05) is 12.2 Å². The van der Waals surface area contributed by atoms with E-state index in [0.29, 0.717) is 5.56 Å². The summed E-state index contributed by atoms with van der Waals surface area (Å²) in [5.41, 5.74) is 0.754. The minimum atomic E-state index is -1.01. The van der Waals surface area contributed by atoms with Gasteiger partial charge in [0, 0.05) is 5.56 Å². The van der Waals surface area contributed by atoms with Crippen LogP contribution in [0.3, 0.4) is 0 Å². The van der Waals surface area contributed by atoms with Crippen LogP contribution in [-0.2, 0) is 14.3 Å². The van der Waals surface area contributed by atoms with Crippen LogP contribution < -0.4 is 4.90 Å². The Morgan fingerprint density at radius 1 is 0.903 bits per heavy atom. The molecule has 2 fully saturated rings. The Morgan fingerprint density at radius 2 is 1.48 bits per heavy atom. The summed E-state index contributed by atoms with van der Waals surface area (Å²) in [5.74, 6) is -2.14. The van der Waals surface area contributed by atoms with Crippen molar-refractivity contribution in [2.24, 2.45) is 23.7 Å². The molecule has 0 N–H and O–H groups in total. The number of ketones is 1. The molecule has 2 aromatic rings. The maximum atomic E-state index is 13.1. The van der Waals surface area contributed by atoms with Crippen molar-refractivity contribution in [3.8, 4) is 0 Å². The second-order valence-electron chi connectivity index (χ2n) is 8.31. The second kappa shape index (κ2) is 7.30. The number of ether oxygens (including phenoxy) is 1. The summed E-state index contributed by atoms with van der Waals surface area (Å²) in [6, 6.07) is 15.0. The average Bonchev–Trinajstić information content (AvgIpc) is 3.47. The number of benzene rings is 2. The third-order valence-corrected chi connectivity index (χ3v) is 6.55. The minimum absolute atomic E-state index is 0.0825. The Labute approximate surface area is 179 Å². The number of rotatable bonds is 5. The molecule has 2 aliphatic carbocycles. The third kappa shape index (κ3) is 3.02. The molecule has 0 unspecified atom stereocenters. The molecular weight excluding hydrogens is 394 g/mol. The first-order valence-corrected chi connectivity index (χ1v) is 10.4. The Balaban J connectivity index is 1.40. The van der Waals surface area contributed by atoms with Gasteiger partial charge in [-0.05, 0) is 37.3 Å². The summed E-state index contributed by atoms with van der Waals surface area (Å²) in [7, 11) is 0. The van der Waals surface area contributed by atoms with E-state index in [4.69, 9.17) is 4.74 Å². The fourth-order valence-electron chi connectivity index (χ4n) is 5.10. The minimum Gasteiger partial charge on any atom is -0.451 e. The predicted molar refractivity (Wildman–Crippen MR) is 112 cm³/mol. The first-order valence-electron chi connectivity index (χ1n) is 10.4. The Hall–Kier alpha value is -3.54. The van der Waals surface area contributed by atoms with E-state index < -0.39 is 12.1 Å². The number of amides is 2. The SMILES string of the molecule is C[C@@H](OC(=O)c1ccccc1N1C(=O)[C@@H]2[C@H](C1=O)[C@@H]1C=C[C@@H]2C1)C(=O)c1ccccc1. The van der Waals surface area contributed by atoms with Crippen molar-refractivity contribution in [3.63, 3.8) is 0 Å². The summed E-state index contributed by atoms with van der Waals surface area (Å²) in [6.07, 6.45) is 3.88. The van der Waals surface area contributed by atoms with Crippen LogP contribution in [-0.4, -0.2) is 29.7 Å². The molecular formula is C25H21NO5. The van der Waals surface area contributed by atoms with Gasteiger partial charge < -0.3 is 4.74 Å². The summed E-state index contributed by atoms with van der Waals surface area (Å²) >= 11 is 0. The molecule has 1 saturated heterocycles. The van der Waals surface area contributed by atoms with Crippen LogP contribution in [0, 0.1) is 23.7 Å². The van der Waals surface area contributed by atoms with Crippen LogP contribution in [0.2, 0.25) is 0 Å². The number of hydrogen-bond donors (Lipinski definition) is 0. The van der Waals surface area contributed by atoms with Crippen LogP contribution in [0.4, 0.5) is 5.69 Å². The summed E-state index contributed by atoms with van der Waals surface area (Å²) in [4.78, 5) is 52.9. The van der Waals surface area contributed by atoms with Gasteiger partial charge in [0.2, 0.25) is 17.6 Å². The highest BCUT2D eigenvalue weighted by molar-refractivity contribution is 6.24. The van der Waals surface area contributed by atoms with Crippen molar-refractivity contribution in [3.05, 3.63) is 77.9 Å². The van der Waals surface area contributed by atoms with Crippen molar-refractivity contribution < 1.29 is 23.9 Å². The van der Waals surface area contributed by atoms with E-state index in [1.165, 1.54) is 13.0 Å². The van der Waals surface area contributed by atoms with Gasteiger partial charge in [-0.2, -0.15) is 0 Å². The molecule has 0 spiro atoms. The molecule has 6 nitrogen and oxygen atoms in total. The molecule has 1 heterocycles. The van der Waals surface area contributed by atoms with Crippen molar-refractivity contribution in [1.29, 1.82) is 0 Å². The second-order valence-corrected chi connectivity index (χ2v) is 8.31. The largest absolute Gasteiger partial charge is 0.451 e. The van der Waals surface area contributed by atoms with Gasteiger partial charge in [-0.25, -0.2) is 9.69 Å². The first-order chi connectivity index (χ1) is 15.0. The van der Waals surface area contributed by atoms with Gasteiger partial charge in [0.15, 0.2) is 6.10 Å². The number of Topliss-reactive ketones (excluding diaryl/α,β-unsaturated/α-hetero) is 1. The Morgan fingerprint density at radius 3 is 2.13 bits per heavy atom. The number of carbonyl (C=O) groups excluding carboxylic acids is 4. The van der Waals surface area contributed by atoms with E-state index in [0.717, 1.165) is 11.3 Å². The smallest absolute Gasteiger partial charge is 0.340 e. The number of fused-ring (bicyclic) bond motifs is 5. The fraction of sp³-hybridized carbons (Fsp3) is 0.280. The van der Waals surface area contributed by atoms with Gasteiger partial charge in [0.05, 0.1) is 23.1 Å². The topological polar surface area (TPSA) is 80.8 Å². The van der Waals surface area contributed by atoms with Gasteiger partial charge in [-0.15, -0.1) is 0 Å². The molecule has 5 atom stereocenters. The van der Waals surface area contributed by atoms with E-state index in [9.17, 15) is 19.2 Å². The van der Waals surface area contributed by atoms with Gasteiger partial charge in [-0.3, -0.25) is 14.4 Å². The molecule has 1 aliphatic heterocycles. The summed E-state index contributed by atoms with van der Waals surface area (Å²) < 4.78 is 5.42. The van der Waals surface area contributed by atoms with Gasteiger partial charge in [0.25, 0.3) is 0 Å². The Kier molecular flexibility index (Phi) is 4.58. The lowest BCUT2D eigenvalue weighted by Gasteiger charge is -2.20. The molecule has 1 saturated carbocycles. The maximum absolute atomic E-state index is 13.1. The van der Waals surface area contributed by atoms with Crippen LogP contribution in [0.1, 0.15) is 34.1 Å². The molecule has 0 aromatic heterocycles. The summed E-state index contributed by atoms with van der Waals surface area (Å²) in [5, 5.41) is 0. The van der Waals surface area contributed by atoms with E-state index in [-0.39, 0.29) is 52.5 Å². The number of anilines is 1. The third-order valence-electron chi connectivity index (χ3n) is 6.55. The molecule has 5 rings (SSSR count). The molecule has 0 radical (unpaired) electrons. The number of carbonyl (C=O) groups is 4. The van der Waals surface area contributed by atoms with Crippen LogP contribution in [0.25, 0.3) is 0 Å². The number of para-hydroxylation sites is 1. The van der Waals surface area contributed by atoms with E-state index in [2.05, 4.69) is 0 Å². The maximum Gasteiger partial charge on any atom is 0.340 e. The average molecular weight is 415 g/mol. The highest BCUT2D eigenvalue weighted by atomic mass is 16.5. The van der Waals surface area contributed by atoms with Crippen LogP contribution >= 0.6 is 0 Å². The summed E-state index contributed by atoms with van der Waals surface area (Å²) in [6.45, 7) is 1.51. The molecule has 31 heavy (non-hydrogen) atoms. The number of allylic oxidation sites excluding steroid dienone is 2. The van der Waals surface area contributed by atoms with Crippen molar-refractivity contribution >= 4 is 29.3 Å². The molecule has 2 bridgehead atoms. The molecule has 3 aliphatic rings. The zero-order chi connectivity index (χ0) is 21.7. The van der Waals surface area contributed by atoms with E-state index >= 15 is 0 Å². The highest BCUT2D eigenvalue weighted by Crippen LogP contribution is 2.53. The first kappa shape index (κ1) is 19.4. The lowest BCUT2D eigenvalue weighted by molar-refractivity contribution is -0.123. The molecule has 6 heteroatoms. The van der Waals surface area contributed by atoms with Gasteiger partial charge in [0.1, 0.15) is 0 Å². The van der Waals surface area contributed by atoms with Crippen molar-refractivity contribution in [2.75, 3.05) is 4.90 Å². The standard InChI is InChI=1S/C25H21NO5/c1-14(22(27)15-7-3-2-4-8-15)31-25(30)18-9-5-6-10-19(18)26-23(28)20-16-11-12-17(13-16)21(20)24(26)29/h2-12,14,16-17,20-21H,13H2,1H3/t14-,16-,17-,20-,21+/m1/s1. The normalized spacial score (nSPS) is 26.8. The fourth-order valence-corrected chi connectivity index (χ4v) is 5.10. The number of imide groups is 1. The Bertz CT molecular complexity index is 1090. The van der Waals surface area contributed by atoms with Gasteiger partial charge >= 0.3 is 5.97 Å². The van der Waals surface area contributed by atoms with Crippen LogP contribution in [0.5, 0.6) is 0 Å². The highest BCUT2D eigenvalue weighted by Gasteiger charge is 2.59. The van der Waals surface area contributed by atoms with Crippen molar-refractivity contribution in [1.82, 2.24) is 0 Å². The number of esters is 1. The monoisotopic (exact) mass is 415 g/mol. The molecule has 2 aromatic carbocycles. The lowest BCUT2D eigenvalue weighted by Crippen LogP contribution is -2.34. The zero-order valence-corrected chi connectivity index (χ0v) is 16.9. The zero-order valence-electron chi connectivity index (χ0n) is 16.9. The number of hydrogen-bond acceptors (Lipinski definition) is 5. The number of nitrogens with zero attached hydrogens (tertiary/aromatic N) is 1. The molecule has 2 amide bonds. The molecule has 156 valence electrons.